The highest BCUT2D eigenvalue weighted by Gasteiger charge is 2.50. The van der Waals surface area contributed by atoms with Crippen LogP contribution in [0.5, 0.6) is 0 Å². The summed E-state index contributed by atoms with van der Waals surface area (Å²) < 4.78 is 0. The van der Waals surface area contributed by atoms with E-state index in [4.69, 9.17) is 0 Å². The quantitative estimate of drug-likeness (QED) is 0.719. The predicted molar refractivity (Wildman–Crippen MR) is 80.8 cm³/mol. The van der Waals surface area contributed by atoms with E-state index in [1.807, 2.05) is 6.07 Å². The fraction of sp³-hybridized carbons (Fsp3) is 0.632. The smallest absolute Gasteiger partial charge is 0.166 e. The first kappa shape index (κ1) is 12.6. The van der Waals surface area contributed by atoms with Gasteiger partial charge in [0.1, 0.15) is 0 Å². The van der Waals surface area contributed by atoms with E-state index in [0.29, 0.717) is 23.5 Å². The maximum atomic E-state index is 13.1. The largest absolute Gasteiger partial charge is 0.294 e. The normalized spacial score (nSPS) is 38.2. The fourth-order valence-corrected chi connectivity index (χ4v) is 5.55. The summed E-state index contributed by atoms with van der Waals surface area (Å²) in [7, 11) is 0. The number of hydrogen-bond donors (Lipinski definition) is 0. The van der Waals surface area contributed by atoms with Crippen LogP contribution in [-0.2, 0) is 0 Å². The van der Waals surface area contributed by atoms with Crippen molar-refractivity contribution in [3.8, 4) is 0 Å². The third-order valence-electron chi connectivity index (χ3n) is 6.40. The van der Waals surface area contributed by atoms with Gasteiger partial charge in [-0.2, -0.15) is 0 Å². The highest BCUT2D eigenvalue weighted by Crippen LogP contribution is 2.57. The average Bonchev–Trinajstić information content (AvgIpc) is 2.40. The molecule has 0 N–H and O–H groups in total. The first-order chi connectivity index (χ1) is 9.63. The highest BCUT2D eigenvalue weighted by atomic mass is 16.1. The van der Waals surface area contributed by atoms with Crippen molar-refractivity contribution >= 4 is 5.78 Å². The molecule has 1 aromatic rings. The molecule has 1 heteroatoms. The molecule has 4 bridgehead atoms. The Morgan fingerprint density at radius 3 is 2.15 bits per heavy atom. The van der Waals surface area contributed by atoms with Gasteiger partial charge >= 0.3 is 0 Å². The first-order valence-electron chi connectivity index (χ1n) is 8.24. The molecule has 20 heavy (non-hydrogen) atoms. The van der Waals surface area contributed by atoms with E-state index >= 15 is 0 Å². The summed E-state index contributed by atoms with van der Waals surface area (Å²) in [4.78, 5) is 13.1. The first-order valence-corrected chi connectivity index (χ1v) is 8.24. The zero-order chi connectivity index (χ0) is 13.9. The van der Waals surface area contributed by atoms with Crippen LogP contribution in [0.1, 0.15) is 53.6 Å². The summed E-state index contributed by atoms with van der Waals surface area (Å²) in [5, 5.41) is 0. The van der Waals surface area contributed by atoms with Crippen molar-refractivity contribution in [1.82, 2.24) is 0 Å². The molecule has 106 valence electrons. The zero-order valence-electron chi connectivity index (χ0n) is 12.6. The molecule has 4 fully saturated rings. The van der Waals surface area contributed by atoms with Crippen LogP contribution in [0, 0.1) is 43.4 Å². The van der Waals surface area contributed by atoms with Gasteiger partial charge in [0, 0.05) is 11.5 Å². The molecule has 0 amide bonds. The summed E-state index contributed by atoms with van der Waals surface area (Å²) in [5.74, 6) is 4.07. The molecule has 4 saturated carbocycles. The lowest BCUT2D eigenvalue weighted by Gasteiger charge is -2.53. The summed E-state index contributed by atoms with van der Waals surface area (Å²) in [5.41, 5.74) is 3.45. The van der Waals surface area contributed by atoms with Crippen LogP contribution in [0.25, 0.3) is 0 Å². The molecule has 0 heterocycles. The van der Waals surface area contributed by atoms with Crippen LogP contribution in [0.2, 0.25) is 0 Å². The van der Waals surface area contributed by atoms with Gasteiger partial charge in [0.05, 0.1) is 0 Å². The maximum absolute atomic E-state index is 13.1. The minimum absolute atomic E-state index is 0.336. The number of aryl methyl sites for hydroxylation is 1. The Morgan fingerprint density at radius 2 is 1.55 bits per heavy atom. The average molecular weight is 268 g/mol. The molecule has 5 rings (SSSR count). The minimum atomic E-state index is 0.336. The monoisotopic (exact) mass is 268 g/mol. The fourth-order valence-electron chi connectivity index (χ4n) is 5.55. The molecule has 1 aromatic carbocycles. The SMILES string of the molecule is Cc1cccc(C(=O)C2C3CC4CC(C3)CC2C4)c1C. The summed E-state index contributed by atoms with van der Waals surface area (Å²) in [6.07, 6.45) is 6.77. The molecular weight excluding hydrogens is 244 g/mol. The van der Waals surface area contributed by atoms with Gasteiger partial charge in [0.15, 0.2) is 5.78 Å². The molecule has 0 atom stereocenters. The van der Waals surface area contributed by atoms with Gasteiger partial charge in [-0.25, -0.2) is 0 Å². The Hall–Kier alpha value is -1.11. The topological polar surface area (TPSA) is 17.1 Å². The molecule has 0 unspecified atom stereocenters. The lowest BCUT2D eigenvalue weighted by atomic mass is 9.51. The van der Waals surface area contributed by atoms with Crippen molar-refractivity contribution in [3.63, 3.8) is 0 Å². The van der Waals surface area contributed by atoms with Crippen molar-refractivity contribution in [2.24, 2.45) is 29.6 Å². The van der Waals surface area contributed by atoms with Crippen LogP contribution in [0.15, 0.2) is 18.2 Å². The van der Waals surface area contributed by atoms with Crippen LogP contribution in [0.3, 0.4) is 0 Å². The highest BCUT2D eigenvalue weighted by molar-refractivity contribution is 6.00. The number of hydrogen-bond acceptors (Lipinski definition) is 1. The number of carbonyl (C=O) groups excluding carboxylic acids is 1. The third kappa shape index (κ3) is 1.78. The molecule has 0 saturated heterocycles. The van der Waals surface area contributed by atoms with Gasteiger partial charge < -0.3 is 0 Å². The number of benzene rings is 1. The van der Waals surface area contributed by atoms with Gasteiger partial charge in [-0.1, -0.05) is 18.2 Å². The Kier molecular flexibility index (Phi) is 2.80. The Labute approximate surface area is 121 Å². The van der Waals surface area contributed by atoms with E-state index in [9.17, 15) is 4.79 Å². The van der Waals surface area contributed by atoms with E-state index < -0.39 is 0 Å². The van der Waals surface area contributed by atoms with Crippen LogP contribution >= 0.6 is 0 Å². The Balaban J connectivity index is 1.67. The molecule has 0 radical (unpaired) electrons. The Bertz CT molecular complexity index is 529. The summed E-state index contributed by atoms with van der Waals surface area (Å²) in [6, 6.07) is 6.21. The van der Waals surface area contributed by atoms with Crippen LogP contribution < -0.4 is 0 Å². The number of Topliss-reactive ketones (excluding diaryl/α,β-unsaturated/α-hetero) is 1. The van der Waals surface area contributed by atoms with Crippen LogP contribution in [0.4, 0.5) is 0 Å². The second kappa shape index (κ2) is 4.44. The predicted octanol–water partition coefficient (Wildman–Crippen LogP) is 4.56. The van der Waals surface area contributed by atoms with E-state index in [1.54, 1.807) is 0 Å². The van der Waals surface area contributed by atoms with Crippen molar-refractivity contribution in [3.05, 3.63) is 34.9 Å². The van der Waals surface area contributed by atoms with Crippen molar-refractivity contribution < 1.29 is 4.79 Å². The van der Waals surface area contributed by atoms with Gasteiger partial charge in [0.25, 0.3) is 0 Å². The summed E-state index contributed by atoms with van der Waals surface area (Å²) in [6.45, 7) is 4.22. The van der Waals surface area contributed by atoms with E-state index in [-0.39, 0.29) is 0 Å². The maximum Gasteiger partial charge on any atom is 0.166 e. The molecule has 4 aliphatic rings. The van der Waals surface area contributed by atoms with Gasteiger partial charge in [-0.3, -0.25) is 4.79 Å². The van der Waals surface area contributed by atoms with Gasteiger partial charge in [-0.05, 0) is 80.8 Å². The summed E-state index contributed by atoms with van der Waals surface area (Å²) >= 11 is 0. The molecular formula is C19H24O. The van der Waals surface area contributed by atoms with Crippen molar-refractivity contribution in [2.45, 2.75) is 46.0 Å². The second-order valence-corrected chi connectivity index (χ2v) is 7.57. The number of rotatable bonds is 2. The van der Waals surface area contributed by atoms with Crippen LogP contribution in [-0.4, -0.2) is 5.78 Å². The molecule has 4 aliphatic carbocycles. The Morgan fingerprint density at radius 1 is 0.950 bits per heavy atom. The molecule has 0 aromatic heterocycles. The third-order valence-corrected chi connectivity index (χ3v) is 6.40. The van der Waals surface area contributed by atoms with Crippen molar-refractivity contribution in [2.75, 3.05) is 0 Å². The van der Waals surface area contributed by atoms with E-state index in [2.05, 4.69) is 26.0 Å². The molecule has 0 aliphatic heterocycles. The number of ketones is 1. The van der Waals surface area contributed by atoms with Crippen molar-refractivity contribution in [1.29, 1.82) is 0 Å². The number of carbonyl (C=O) groups is 1. The molecule has 1 nitrogen and oxygen atoms in total. The minimum Gasteiger partial charge on any atom is -0.294 e. The zero-order valence-corrected chi connectivity index (χ0v) is 12.6. The lowest BCUT2D eigenvalue weighted by Crippen LogP contribution is -2.48. The van der Waals surface area contributed by atoms with Gasteiger partial charge in [-0.15, -0.1) is 0 Å². The van der Waals surface area contributed by atoms with E-state index in [0.717, 1.165) is 17.4 Å². The lowest BCUT2D eigenvalue weighted by molar-refractivity contribution is -0.0251. The van der Waals surface area contributed by atoms with Gasteiger partial charge in [0.2, 0.25) is 0 Å². The molecule has 0 spiro atoms. The van der Waals surface area contributed by atoms with E-state index in [1.165, 1.54) is 43.2 Å². The standard InChI is InChI=1S/C19H24O/c1-11-4-3-5-17(12(11)2)19(20)18-15-7-13-6-14(9-15)10-16(18)8-13/h3-5,13-16,18H,6-10H2,1-2H3. The second-order valence-electron chi connectivity index (χ2n) is 7.57.